The number of sulfonamides is 1. The van der Waals surface area contributed by atoms with Gasteiger partial charge in [-0.05, 0) is 12.8 Å². The van der Waals surface area contributed by atoms with Crippen LogP contribution < -0.4 is 0 Å². The van der Waals surface area contributed by atoms with Crippen LogP contribution in [0.5, 0.6) is 0 Å². The first-order chi connectivity index (χ1) is 5.59. The summed E-state index contributed by atoms with van der Waals surface area (Å²) in [5.41, 5.74) is 0. The van der Waals surface area contributed by atoms with Crippen molar-refractivity contribution < 1.29 is 8.42 Å². The molecule has 0 aromatic heterocycles. The maximum absolute atomic E-state index is 11.6. The molecule has 72 valence electrons. The lowest BCUT2D eigenvalue weighted by atomic mass is 10.4. The quantitative estimate of drug-likeness (QED) is 0.740. The van der Waals surface area contributed by atoms with Crippen LogP contribution in [0.25, 0.3) is 0 Å². The van der Waals surface area contributed by atoms with Gasteiger partial charge >= 0.3 is 0 Å². The van der Waals surface area contributed by atoms with E-state index in [4.69, 9.17) is 0 Å². The Morgan fingerprint density at radius 3 is 2.25 bits per heavy atom. The second kappa shape index (κ2) is 4.39. The number of alkyl halides is 2. The van der Waals surface area contributed by atoms with Gasteiger partial charge in [-0.3, -0.25) is 0 Å². The fraction of sp³-hybridized carbons (Fsp3) is 1.00. The van der Waals surface area contributed by atoms with Gasteiger partial charge in [0.1, 0.15) is 4.16 Å². The third-order valence-electron chi connectivity index (χ3n) is 1.87. The molecule has 1 atom stereocenters. The van der Waals surface area contributed by atoms with Crippen LogP contribution in [0.15, 0.2) is 0 Å². The van der Waals surface area contributed by atoms with Crippen LogP contribution in [0.2, 0.25) is 0 Å². The molecule has 0 amide bonds. The number of halogens is 2. The predicted molar refractivity (Wildman–Crippen MR) is 56.2 cm³/mol. The lowest BCUT2D eigenvalue weighted by Gasteiger charge is -2.18. The van der Waals surface area contributed by atoms with E-state index in [0.29, 0.717) is 18.4 Å². The topological polar surface area (TPSA) is 37.4 Å². The molecule has 0 aliphatic carbocycles. The molecule has 0 saturated carbocycles. The zero-order valence-electron chi connectivity index (χ0n) is 6.54. The van der Waals surface area contributed by atoms with E-state index in [2.05, 4.69) is 31.9 Å². The molecule has 1 rings (SSSR count). The summed E-state index contributed by atoms with van der Waals surface area (Å²) < 4.78 is 24.3. The maximum Gasteiger partial charge on any atom is 0.227 e. The average molecular weight is 321 g/mol. The summed E-state index contributed by atoms with van der Waals surface area (Å²) in [5, 5.41) is 0.436. The summed E-state index contributed by atoms with van der Waals surface area (Å²) in [4.78, 5) is 0. The molecule has 0 spiro atoms. The van der Waals surface area contributed by atoms with E-state index in [-0.39, 0.29) is 0 Å². The molecule has 1 fully saturated rings. The smallest absolute Gasteiger partial charge is 0.211 e. The average Bonchev–Trinajstić information content (AvgIpc) is 2.55. The maximum atomic E-state index is 11.6. The molecule has 1 aliphatic heterocycles. The van der Waals surface area contributed by atoms with Gasteiger partial charge < -0.3 is 0 Å². The van der Waals surface area contributed by atoms with Gasteiger partial charge in [0.05, 0.1) is 0 Å². The van der Waals surface area contributed by atoms with E-state index in [1.807, 2.05) is 0 Å². The highest BCUT2D eigenvalue weighted by molar-refractivity contribution is 9.13. The zero-order valence-corrected chi connectivity index (χ0v) is 10.5. The zero-order chi connectivity index (χ0) is 9.19. The summed E-state index contributed by atoms with van der Waals surface area (Å²) in [6.45, 7) is 1.36. The molecular weight excluding hydrogens is 310 g/mol. The Kier molecular flexibility index (Phi) is 4.01. The Labute approximate surface area is 89.8 Å². The first-order valence-corrected chi connectivity index (χ1v) is 7.32. The van der Waals surface area contributed by atoms with Crippen LogP contribution in [-0.4, -0.2) is 35.3 Å². The molecule has 6 heteroatoms. The fourth-order valence-corrected chi connectivity index (χ4v) is 4.15. The SMILES string of the molecule is O=S(=O)(C(Br)CBr)N1CCCC1. The van der Waals surface area contributed by atoms with Crippen LogP contribution in [-0.2, 0) is 10.0 Å². The van der Waals surface area contributed by atoms with Gasteiger partial charge in [-0.2, -0.15) is 0 Å². The van der Waals surface area contributed by atoms with E-state index >= 15 is 0 Å². The molecule has 1 heterocycles. The normalized spacial score (nSPS) is 22.8. The van der Waals surface area contributed by atoms with Gasteiger partial charge in [0, 0.05) is 18.4 Å². The van der Waals surface area contributed by atoms with Gasteiger partial charge in [0.2, 0.25) is 10.0 Å². The second-order valence-corrected chi connectivity index (χ2v) is 7.19. The summed E-state index contributed by atoms with van der Waals surface area (Å²) in [6.07, 6.45) is 1.97. The van der Waals surface area contributed by atoms with Crippen molar-refractivity contribution >= 4 is 41.9 Å². The predicted octanol–water partition coefficient (Wildman–Crippen LogP) is 1.53. The Balaban J connectivity index is 2.70. The van der Waals surface area contributed by atoms with Crippen molar-refractivity contribution in [2.45, 2.75) is 17.0 Å². The Hall–Kier alpha value is 0.870. The van der Waals surface area contributed by atoms with Crippen LogP contribution >= 0.6 is 31.9 Å². The van der Waals surface area contributed by atoms with E-state index in [1.165, 1.54) is 0 Å². The standard InChI is InChI=1S/C6H11Br2NO2S/c7-5-6(8)12(10,11)9-3-1-2-4-9/h6H,1-5H2. The molecule has 12 heavy (non-hydrogen) atoms. The van der Waals surface area contributed by atoms with E-state index in [0.717, 1.165) is 12.8 Å². The highest BCUT2D eigenvalue weighted by Crippen LogP contribution is 2.21. The van der Waals surface area contributed by atoms with Gasteiger partial charge in [0.25, 0.3) is 0 Å². The van der Waals surface area contributed by atoms with Gasteiger partial charge in [-0.25, -0.2) is 12.7 Å². The highest BCUT2D eigenvalue weighted by Gasteiger charge is 2.30. The third-order valence-corrected chi connectivity index (χ3v) is 7.45. The first-order valence-electron chi connectivity index (χ1n) is 3.78. The van der Waals surface area contributed by atoms with Crippen molar-refractivity contribution in [3.8, 4) is 0 Å². The molecular formula is C6H11Br2NO2S. The van der Waals surface area contributed by atoms with E-state index in [9.17, 15) is 8.42 Å². The molecule has 1 saturated heterocycles. The minimum atomic E-state index is -3.09. The lowest BCUT2D eigenvalue weighted by molar-refractivity contribution is 0.477. The Bertz CT molecular complexity index is 236. The third kappa shape index (κ3) is 2.21. The second-order valence-electron chi connectivity index (χ2n) is 2.72. The minimum Gasteiger partial charge on any atom is -0.211 e. The lowest BCUT2D eigenvalue weighted by Crippen LogP contribution is -2.34. The molecule has 1 aliphatic rings. The van der Waals surface area contributed by atoms with Crippen LogP contribution in [0.1, 0.15) is 12.8 Å². The summed E-state index contributed by atoms with van der Waals surface area (Å²) in [6, 6.07) is 0. The van der Waals surface area contributed by atoms with Crippen molar-refractivity contribution in [2.75, 3.05) is 18.4 Å². The fourth-order valence-electron chi connectivity index (χ4n) is 1.18. The molecule has 0 aromatic rings. The summed E-state index contributed by atoms with van der Waals surface area (Å²) in [7, 11) is -3.09. The first kappa shape index (κ1) is 10.9. The molecule has 0 radical (unpaired) electrons. The van der Waals surface area contributed by atoms with Gasteiger partial charge in [0.15, 0.2) is 0 Å². The molecule has 0 aromatic carbocycles. The number of rotatable bonds is 3. The van der Waals surface area contributed by atoms with Gasteiger partial charge in [-0.15, -0.1) is 0 Å². The Morgan fingerprint density at radius 2 is 1.83 bits per heavy atom. The Morgan fingerprint density at radius 1 is 1.33 bits per heavy atom. The van der Waals surface area contributed by atoms with Crippen molar-refractivity contribution in [1.29, 1.82) is 0 Å². The number of hydrogen-bond donors (Lipinski definition) is 0. The summed E-state index contributed by atoms with van der Waals surface area (Å²) in [5.74, 6) is 0. The molecule has 0 N–H and O–H groups in total. The van der Waals surface area contributed by atoms with Crippen LogP contribution in [0.4, 0.5) is 0 Å². The monoisotopic (exact) mass is 319 g/mol. The minimum absolute atomic E-state index is 0.436. The largest absolute Gasteiger partial charge is 0.227 e. The molecule has 0 bridgehead atoms. The highest BCUT2D eigenvalue weighted by atomic mass is 79.9. The molecule has 1 unspecified atom stereocenters. The van der Waals surface area contributed by atoms with Crippen molar-refractivity contribution in [3.63, 3.8) is 0 Å². The van der Waals surface area contributed by atoms with Crippen LogP contribution in [0, 0.1) is 0 Å². The van der Waals surface area contributed by atoms with Crippen molar-refractivity contribution in [2.24, 2.45) is 0 Å². The van der Waals surface area contributed by atoms with Crippen LogP contribution in [0.3, 0.4) is 0 Å². The van der Waals surface area contributed by atoms with Gasteiger partial charge in [-0.1, -0.05) is 31.9 Å². The van der Waals surface area contributed by atoms with Crippen molar-refractivity contribution in [3.05, 3.63) is 0 Å². The molecule has 3 nitrogen and oxygen atoms in total. The number of nitrogens with zero attached hydrogens (tertiary/aromatic N) is 1. The van der Waals surface area contributed by atoms with E-state index < -0.39 is 14.2 Å². The summed E-state index contributed by atoms with van der Waals surface area (Å²) >= 11 is 6.28. The van der Waals surface area contributed by atoms with Crippen molar-refractivity contribution in [1.82, 2.24) is 4.31 Å². The van der Waals surface area contributed by atoms with E-state index in [1.54, 1.807) is 4.31 Å². The number of hydrogen-bond acceptors (Lipinski definition) is 2.